The molecule has 1 saturated carbocycles. The van der Waals surface area contributed by atoms with Crippen molar-refractivity contribution in [1.29, 1.82) is 0 Å². The lowest BCUT2D eigenvalue weighted by Crippen LogP contribution is -2.46. The molecule has 1 aliphatic carbocycles. The molecular formula is C18H25FN4O. The fourth-order valence-electron chi connectivity index (χ4n) is 3.22. The van der Waals surface area contributed by atoms with Crippen LogP contribution < -0.4 is 5.32 Å². The van der Waals surface area contributed by atoms with Crippen LogP contribution in [-0.2, 0) is 11.2 Å². The highest BCUT2D eigenvalue weighted by Crippen LogP contribution is 2.18. The number of imidazole rings is 1. The number of benzene rings is 1. The van der Waals surface area contributed by atoms with Crippen LogP contribution in [0.25, 0.3) is 11.0 Å². The summed E-state index contributed by atoms with van der Waals surface area (Å²) in [7, 11) is 1.95. The van der Waals surface area contributed by atoms with Gasteiger partial charge in [-0.25, -0.2) is 9.37 Å². The number of fused-ring (bicyclic) bond motifs is 1. The van der Waals surface area contributed by atoms with Gasteiger partial charge in [-0.05, 0) is 45.0 Å². The first kappa shape index (κ1) is 16.9. The maximum Gasteiger partial charge on any atom is 0.237 e. The number of likely N-dealkylation sites (N-methyl/N-ethyl adjacent to an activating group) is 1. The molecule has 0 radical (unpaired) electrons. The molecule has 1 fully saturated rings. The van der Waals surface area contributed by atoms with Gasteiger partial charge in [0, 0.05) is 19.0 Å². The van der Waals surface area contributed by atoms with E-state index in [0.29, 0.717) is 24.5 Å². The smallest absolute Gasteiger partial charge is 0.237 e. The van der Waals surface area contributed by atoms with Crippen molar-refractivity contribution in [3.63, 3.8) is 0 Å². The number of aromatic amines is 1. The molecule has 1 aromatic heterocycles. The molecule has 0 bridgehead atoms. The third kappa shape index (κ3) is 3.93. The van der Waals surface area contributed by atoms with Gasteiger partial charge in [-0.3, -0.25) is 9.69 Å². The molecule has 1 amide bonds. The average molecular weight is 332 g/mol. The molecular weight excluding hydrogens is 307 g/mol. The first-order valence-corrected chi connectivity index (χ1v) is 8.67. The Morgan fingerprint density at radius 1 is 1.46 bits per heavy atom. The molecule has 1 aromatic carbocycles. The van der Waals surface area contributed by atoms with Crippen LogP contribution in [0.15, 0.2) is 18.2 Å². The first-order chi connectivity index (χ1) is 11.5. The van der Waals surface area contributed by atoms with Crippen molar-refractivity contribution in [2.45, 2.75) is 51.1 Å². The average Bonchev–Trinajstić information content (AvgIpc) is 3.20. The quantitative estimate of drug-likeness (QED) is 0.855. The highest BCUT2D eigenvalue weighted by atomic mass is 19.1. The second kappa shape index (κ2) is 7.30. The highest BCUT2D eigenvalue weighted by Gasteiger charge is 2.23. The van der Waals surface area contributed by atoms with Gasteiger partial charge in [0.1, 0.15) is 11.6 Å². The highest BCUT2D eigenvalue weighted by molar-refractivity contribution is 5.81. The Bertz CT molecular complexity index is 708. The Labute approximate surface area is 141 Å². The van der Waals surface area contributed by atoms with Crippen molar-refractivity contribution in [3.05, 3.63) is 29.8 Å². The van der Waals surface area contributed by atoms with E-state index in [2.05, 4.69) is 15.3 Å². The fraction of sp³-hybridized carbons (Fsp3) is 0.556. The molecule has 1 atom stereocenters. The Hall–Kier alpha value is -1.95. The minimum atomic E-state index is -0.271. The van der Waals surface area contributed by atoms with Crippen LogP contribution in [0.1, 0.15) is 38.4 Å². The molecule has 2 N–H and O–H groups in total. The predicted molar refractivity (Wildman–Crippen MR) is 92.2 cm³/mol. The van der Waals surface area contributed by atoms with Crippen LogP contribution in [-0.4, -0.2) is 46.5 Å². The molecule has 1 heterocycles. The number of nitrogens with zero attached hydrogens (tertiary/aromatic N) is 2. The molecule has 0 aliphatic heterocycles. The van der Waals surface area contributed by atoms with Crippen LogP contribution in [0.3, 0.4) is 0 Å². The van der Waals surface area contributed by atoms with E-state index in [1.165, 1.54) is 25.0 Å². The Morgan fingerprint density at radius 2 is 2.21 bits per heavy atom. The van der Waals surface area contributed by atoms with Crippen molar-refractivity contribution in [1.82, 2.24) is 20.2 Å². The molecule has 130 valence electrons. The number of halogens is 1. The van der Waals surface area contributed by atoms with Gasteiger partial charge in [-0.1, -0.05) is 12.8 Å². The number of hydrogen-bond acceptors (Lipinski definition) is 3. The summed E-state index contributed by atoms with van der Waals surface area (Å²) in [6.07, 6.45) is 5.30. The summed E-state index contributed by atoms with van der Waals surface area (Å²) >= 11 is 0. The third-order valence-corrected chi connectivity index (χ3v) is 4.94. The zero-order valence-corrected chi connectivity index (χ0v) is 14.3. The van der Waals surface area contributed by atoms with Gasteiger partial charge in [0.05, 0.1) is 17.1 Å². The molecule has 1 aliphatic rings. The van der Waals surface area contributed by atoms with Crippen LogP contribution in [0.5, 0.6) is 0 Å². The summed E-state index contributed by atoms with van der Waals surface area (Å²) in [5.74, 6) is 0.633. The zero-order chi connectivity index (χ0) is 17.1. The van der Waals surface area contributed by atoms with Crippen LogP contribution in [0.2, 0.25) is 0 Å². The molecule has 0 saturated heterocycles. The molecule has 24 heavy (non-hydrogen) atoms. The summed E-state index contributed by atoms with van der Waals surface area (Å²) in [5, 5.41) is 3.14. The van der Waals surface area contributed by atoms with Gasteiger partial charge >= 0.3 is 0 Å². The second-order valence-corrected chi connectivity index (χ2v) is 6.74. The van der Waals surface area contributed by atoms with Crippen molar-refractivity contribution in [2.75, 3.05) is 13.6 Å². The summed E-state index contributed by atoms with van der Waals surface area (Å²) < 4.78 is 13.2. The number of aromatic nitrogens is 2. The summed E-state index contributed by atoms with van der Waals surface area (Å²) in [6, 6.07) is 4.71. The summed E-state index contributed by atoms with van der Waals surface area (Å²) in [4.78, 5) is 21.9. The number of nitrogens with one attached hydrogen (secondary N) is 2. The predicted octanol–water partition coefficient (Wildman–Crippen LogP) is 2.62. The lowest BCUT2D eigenvalue weighted by molar-refractivity contribution is -0.126. The molecule has 2 aromatic rings. The van der Waals surface area contributed by atoms with Crippen LogP contribution in [0, 0.1) is 5.82 Å². The zero-order valence-electron chi connectivity index (χ0n) is 14.3. The maximum absolute atomic E-state index is 13.2. The first-order valence-electron chi connectivity index (χ1n) is 8.67. The van der Waals surface area contributed by atoms with Crippen molar-refractivity contribution >= 4 is 16.9 Å². The van der Waals surface area contributed by atoms with Crippen LogP contribution >= 0.6 is 0 Å². The maximum atomic E-state index is 13.2. The molecule has 6 heteroatoms. The third-order valence-electron chi connectivity index (χ3n) is 4.94. The lowest BCUT2D eigenvalue weighted by Gasteiger charge is -2.25. The van der Waals surface area contributed by atoms with E-state index in [-0.39, 0.29) is 17.8 Å². The number of amides is 1. The van der Waals surface area contributed by atoms with Gasteiger partial charge in [0.15, 0.2) is 0 Å². The van der Waals surface area contributed by atoms with Gasteiger partial charge in [0.2, 0.25) is 5.91 Å². The lowest BCUT2D eigenvalue weighted by atomic mass is 10.2. The van der Waals surface area contributed by atoms with Gasteiger partial charge < -0.3 is 10.3 Å². The van der Waals surface area contributed by atoms with E-state index < -0.39 is 0 Å². The Morgan fingerprint density at radius 3 is 2.96 bits per heavy atom. The SMILES string of the molecule is CC(C(=O)NC1CCCC1)N(C)CCc1nc2ccc(F)cc2[nH]1. The largest absolute Gasteiger partial charge is 0.352 e. The minimum absolute atomic E-state index is 0.0936. The van der Waals surface area contributed by atoms with Gasteiger partial charge in [-0.2, -0.15) is 0 Å². The van der Waals surface area contributed by atoms with E-state index in [4.69, 9.17) is 0 Å². The number of H-pyrrole nitrogens is 1. The Kier molecular flexibility index (Phi) is 5.14. The van der Waals surface area contributed by atoms with Crippen molar-refractivity contribution in [2.24, 2.45) is 0 Å². The van der Waals surface area contributed by atoms with Crippen molar-refractivity contribution < 1.29 is 9.18 Å². The number of rotatable bonds is 6. The molecule has 5 nitrogen and oxygen atoms in total. The number of hydrogen-bond donors (Lipinski definition) is 2. The van der Waals surface area contributed by atoms with Crippen LogP contribution in [0.4, 0.5) is 4.39 Å². The fourth-order valence-corrected chi connectivity index (χ4v) is 3.22. The summed E-state index contributed by atoms with van der Waals surface area (Å²) in [6.45, 7) is 2.64. The monoisotopic (exact) mass is 332 g/mol. The van der Waals surface area contributed by atoms with E-state index in [1.54, 1.807) is 6.07 Å². The van der Waals surface area contributed by atoms with E-state index in [1.807, 2.05) is 18.9 Å². The minimum Gasteiger partial charge on any atom is -0.352 e. The normalized spacial score (nSPS) is 16.8. The van der Waals surface area contributed by atoms with Gasteiger partial charge in [-0.15, -0.1) is 0 Å². The second-order valence-electron chi connectivity index (χ2n) is 6.74. The molecule has 3 rings (SSSR count). The van der Waals surface area contributed by atoms with Crippen molar-refractivity contribution in [3.8, 4) is 0 Å². The molecule has 1 unspecified atom stereocenters. The number of carbonyl (C=O) groups is 1. The molecule has 0 spiro atoms. The Balaban J connectivity index is 1.53. The summed E-state index contributed by atoms with van der Waals surface area (Å²) in [5.41, 5.74) is 1.47. The standard InChI is InChI=1S/C18H25FN4O/c1-12(18(24)20-14-5-3-4-6-14)23(2)10-9-17-21-15-8-7-13(19)11-16(15)22-17/h7-8,11-12,14H,3-6,9-10H2,1-2H3,(H,20,24)(H,21,22). The van der Waals surface area contributed by atoms with E-state index >= 15 is 0 Å². The topological polar surface area (TPSA) is 61.0 Å². The van der Waals surface area contributed by atoms with E-state index in [0.717, 1.165) is 24.2 Å². The number of carbonyl (C=O) groups excluding carboxylic acids is 1. The van der Waals surface area contributed by atoms with Gasteiger partial charge in [0.25, 0.3) is 0 Å². The van der Waals surface area contributed by atoms with E-state index in [9.17, 15) is 9.18 Å².